The van der Waals surface area contributed by atoms with Crippen LogP contribution in [0.1, 0.15) is 43.6 Å². The lowest BCUT2D eigenvalue weighted by molar-refractivity contribution is -0.121. The van der Waals surface area contributed by atoms with Gasteiger partial charge in [-0.05, 0) is 44.0 Å². The fourth-order valence-electron chi connectivity index (χ4n) is 3.40. The van der Waals surface area contributed by atoms with Crippen molar-refractivity contribution in [1.29, 1.82) is 0 Å². The Kier molecular flexibility index (Phi) is 5.88. The van der Waals surface area contributed by atoms with Gasteiger partial charge in [-0.3, -0.25) is 4.79 Å². The molecule has 0 unspecified atom stereocenters. The van der Waals surface area contributed by atoms with E-state index < -0.39 is 0 Å². The number of carbonyl (C=O) groups excluding carboxylic acids is 1. The van der Waals surface area contributed by atoms with Gasteiger partial charge in [-0.15, -0.1) is 0 Å². The smallest absolute Gasteiger partial charge is 0.227 e. The molecule has 1 aliphatic heterocycles. The molecule has 8 heteroatoms. The van der Waals surface area contributed by atoms with Gasteiger partial charge in [0.2, 0.25) is 17.6 Å². The monoisotopic (exact) mass is 395 g/mol. The molecule has 4 rings (SSSR count). The molecule has 0 saturated heterocycles. The van der Waals surface area contributed by atoms with Crippen molar-refractivity contribution < 1.29 is 14.1 Å². The van der Waals surface area contributed by atoms with Crippen molar-refractivity contribution in [2.24, 2.45) is 0 Å². The Labute approximate surface area is 169 Å². The number of hydrogen-bond acceptors (Lipinski definition) is 6. The van der Waals surface area contributed by atoms with Gasteiger partial charge in [-0.2, -0.15) is 4.98 Å². The summed E-state index contributed by atoms with van der Waals surface area (Å²) in [6, 6.07) is 7.51. The minimum Gasteiger partial charge on any atom is -0.494 e. The number of benzene rings is 1. The van der Waals surface area contributed by atoms with Crippen molar-refractivity contribution in [2.75, 3.05) is 6.61 Å². The first kappa shape index (κ1) is 19.2. The van der Waals surface area contributed by atoms with E-state index in [1.165, 1.54) is 12.8 Å². The molecule has 1 aliphatic rings. The van der Waals surface area contributed by atoms with E-state index in [4.69, 9.17) is 9.26 Å². The molecule has 0 bridgehead atoms. The van der Waals surface area contributed by atoms with Crippen molar-refractivity contribution in [3.05, 3.63) is 47.9 Å². The van der Waals surface area contributed by atoms with E-state index in [0.29, 0.717) is 37.7 Å². The van der Waals surface area contributed by atoms with Gasteiger partial charge in [0.25, 0.3) is 0 Å². The summed E-state index contributed by atoms with van der Waals surface area (Å²) >= 11 is 0. The normalized spacial score (nSPS) is 13.1. The molecule has 0 fully saturated rings. The predicted octanol–water partition coefficient (Wildman–Crippen LogP) is 2.92. The third-order valence-corrected chi connectivity index (χ3v) is 4.88. The first-order valence-electron chi connectivity index (χ1n) is 10.1. The molecule has 8 nitrogen and oxygen atoms in total. The number of nitrogens with zero attached hydrogens (tertiary/aromatic N) is 4. The maximum Gasteiger partial charge on any atom is 0.227 e. The standard InChI is InChI=1S/C21H25N5O3/c1-2-28-17-8-6-15(7-9-17)21-24-20(29-25-21)11-10-19(27)22-13-16-14-26-12-4-3-5-18(26)23-16/h6-9,14H,2-5,10-13H2,1H3,(H,22,27). The van der Waals surface area contributed by atoms with Gasteiger partial charge in [-0.25, -0.2) is 4.98 Å². The summed E-state index contributed by atoms with van der Waals surface area (Å²) in [5.74, 6) is 2.81. The number of fused-ring (bicyclic) bond motifs is 1. The average molecular weight is 395 g/mol. The number of aryl methyl sites for hydroxylation is 3. The van der Waals surface area contributed by atoms with E-state index in [-0.39, 0.29) is 5.91 Å². The summed E-state index contributed by atoms with van der Waals surface area (Å²) in [6.07, 6.45) is 6.12. The molecule has 0 aliphatic carbocycles. The highest BCUT2D eigenvalue weighted by molar-refractivity contribution is 5.76. The SMILES string of the molecule is CCOc1ccc(-c2noc(CCC(=O)NCc3cn4c(n3)CCCC4)n2)cc1. The molecule has 0 spiro atoms. The highest BCUT2D eigenvalue weighted by Crippen LogP contribution is 2.20. The van der Waals surface area contributed by atoms with Crippen molar-refractivity contribution >= 4 is 5.91 Å². The van der Waals surface area contributed by atoms with E-state index in [1.807, 2.05) is 37.4 Å². The van der Waals surface area contributed by atoms with Crippen LogP contribution >= 0.6 is 0 Å². The van der Waals surface area contributed by atoms with Gasteiger partial charge >= 0.3 is 0 Å². The van der Waals surface area contributed by atoms with Gasteiger partial charge in [0.15, 0.2) is 0 Å². The molecule has 0 radical (unpaired) electrons. The van der Waals surface area contributed by atoms with E-state index >= 15 is 0 Å². The number of imidazole rings is 1. The minimum atomic E-state index is -0.0585. The lowest BCUT2D eigenvalue weighted by atomic mass is 10.2. The number of aromatic nitrogens is 4. The molecule has 29 heavy (non-hydrogen) atoms. The van der Waals surface area contributed by atoms with Crippen LogP contribution < -0.4 is 10.1 Å². The Morgan fingerprint density at radius 1 is 1.24 bits per heavy atom. The number of amides is 1. The molecule has 1 aromatic carbocycles. The van der Waals surface area contributed by atoms with E-state index in [1.54, 1.807) is 0 Å². The number of rotatable bonds is 8. The van der Waals surface area contributed by atoms with Crippen LogP contribution in [0.5, 0.6) is 5.75 Å². The zero-order valence-corrected chi connectivity index (χ0v) is 16.6. The van der Waals surface area contributed by atoms with Crippen LogP contribution in [-0.4, -0.2) is 32.2 Å². The van der Waals surface area contributed by atoms with Crippen molar-refractivity contribution in [1.82, 2.24) is 25.0 Å². The Balaban J connectivity index is 1.26. The second kappa shape index (κ2) is 8.89. The van der Waals surface area contributed by atoms with Gasteiger partial charge < -0.3 is 19.1 Å². The molecular formula is C21H25N5O3. The Bertz CT molecular complexity index is 938. The fraction of sp³-hybridized carbons (Fsp3) is 0.429. The summed E-state index contributed by atoms with van der Waals surface area (Å²) in [4.78, 5) is 21.1. The molecular weight excluding hydrogens is 370 g/mol. The molecule has 1 N–H and O–H groups in total. The van der Waals surface area contributed by atoms with Crippen LogP contribution in [0.4, 0.5) is 0 Å². The van der Waals surface area contributed by atoms with Crippen LogP contribution in [0.3, 0.4) is 0 Å². The molecule has 152 valence electrons. The molecule has 3 heterocycles. The van der Waals surface area contributed by atoms with Crippen molar-refractivity contribution in [2.45, 2.75) is 52.1 Å². The van der Waals surface area contributed by atoms with E-state index in [0.717, 1.165) is 35.8 Å². The highest BCUT2D eigenvalue weighted by Gasteiger charge is 2.14. The third kappa shape index (κ3) is 4.82. The second-order valence-corrected chi connectivity index (χ2v) is 7.04. The first-order valence-corrected chi connectivity index (χ1v) is 10.1. The fourth-order valence-corrected chi connectivity index (χ4v) is 3.40. The van der Waals surface area contributed by atoms with Crippen molar-refractivity contribution in [3.63, 3.8) is 0 Å². The van der Waals surface area contributed by atoms with Gasteiger partial charge in [0.05, 0.1) is 18.8 Å². The zero-order chi connectivity index (χ0) is 20.1. The lowest BCUT2D eigenvalue weighted by Crippen LogP contribution is -2.23. The number of carbonyl (C=O) groups is 1. The van der Waals surface area contributed by atoms with Crippen LogP contribution in [0.2, 0.25) is 0 Å². The number of nitrogens with one attached hydrogen (secondary N) is 1. The third-order valence-electron chi connectivity index (χ3n) is 4.88. The quantitative estimate of drug-likeness (QED) is 0.630. The summed E-state index contributed by atoms with van der Waals surface area (Å²) in [7, 11) is 0. The largest absolute Gasteiger partial charge is 0.494 e. The molecule has 3 aromatic rings. The molecule has 2 aromatic heterocycles. The second-order valence-electron chi connectivity index (χ2n) is 7.04. The molecule has 0 atom stereocenters. The Morgan fingerprint density at radius 2 is 2.10 bits per heavy atom. The van der Waals surface area contributed by atoms with Crippen LogP contribution in [0.15, 0.2) is 35.0 Å². The number of ether oxygens (including phenoxy) is 1. The van der Waals surface area contributed by atoms with E-state index in [2.05, 4.69) is 25.0 Å². The van der Waals surface area contributed by atoms with Crippen LogP contribution in [0, 0.1) is 0 Å². The van der Waals surface area contributed by atoms with Crippen LogP contribution in [0.25, 0.3) is 11.4 Å². The minimum absolute atomic E-state index is 0.0585. The first-order chi connectivity index (χ1) is 14.2. The Morgan fingerprint density at radius 3 is 2.90 bits per heavy atom. The van der Waals surface area contributed by atoms with Gasteiger partial charge in [-0.1, -0.05) is 5.16 Å². The topological polar surface area (TPSA) is 95.1 Å². The van der Waals surface area contributed by atoms with E-state index in [9.17, 15) is 4.79 Å². The summed E-state index contributed by atoms with van der Waals surface area (Å²) in [5, 5.41) is 6.92. The molecule has 1 amide bonds. The highest BCUT2D eigenvalue weighted by atomic mass is 16.5. The molecule has 0 saturated carbocycles. The summed E-state index contributed by atoms with van der Waals surface area (Å²) < 4.78 is 12.9. The lowest BCUT2D eigenvalue weighted by Gasteiger charge is -2.11. The zero-order valence-electron chi connectivity index (χ0n) is 16.6. The summed E-state index contributed by atoms with van der Waals surface area (Å²) in [5.41, 5.74) is 1.75. The maximum atomic E-state index is 12.2. The predicted molar refractivity (Wildman–Crippen MR) is 106 cm³/mol. The average Bonchev–Trinajstić information content (AvgIpc) is 3.38. The van der Waals surface area contributed by atoms with Gasteiger partial charge in [0.1, 0.15) is 11.6 Å². The maximum absolute atomic E-state index is 12.2. The van der Waals surface area contributed by atoms with Gasteiger partial charge in [0, 0.05) is 37.6 Å². The van der Waals surface area contributed by atoms with Crippen LogP contribution in [-0.2, 0) is 30.7 Å². The number of hydrogen-bond donors (Lipinski definition) is 1. The summed E-state index contributed by atoms with van der Waals surface area (Å²) in [6.45, 7) is 4.03. The Hall–Kier alpha value is -3.16. The van der Waals surface area contributed by atoms with Crippen molar-refractivity contribution in [3.8, 4) is 17.1 Å².